The minimum Gasteiger partial charge on any atom is -0.329 e. The third-order valence-electron chi connectivity index (χ3n) is 3.40. The van der Waals surface area contributed by atoms with Crippen LogP contribution in [0.4, 0.5) is 0 Å². The highest BCUT2D eigenvalue weighted by Crippen LogP contribution is 2.23. The largest absolute Gasteiger partial charge is 0.329 e. The van der Waals surface area contributed by atoms with E-state index in [2.05, 4.69) is 53.0 Å². The lowest BCUT2D eigenvalue weighted by molar-refractivity contribution is 0.604. The van der Waals surface area contributed by atoms with Gasteiger partial charge in [-0.15, -0.1) is 0 Å². The van der Waals surface area contributed by atoms with Crippen LogP contribution < -0.4 is 5.32 Å². The molecule has 0 bridgehead atoms. The standard InChI is InChI=1S/C16H23N3S/c1-4-13-6-8-14(9-7-13)15(17-5-2)12-20-16-18-10-11-19(16)3/h6-11,15,17H,4-5,12H2,1-3H3. The average Bonchev–Trinajstić information content (AvgIpc) is 2.89. The number of rotatable bonds is 7. The summed E-state index contributed by atoms with van der Waals surface area (Å²) in [7, 11) is 2.04. The van der Waals surface area contributed by atoms with E-state index in [4.69, 9.17) is 0 Å². The van der Waals surface area contributed by atoms with Gasteiger partial charge in [0.1, 0.15) is 0 Å². The number of nitrogens with zero attached hydrogens (tertiary/aromatic N) is 2. The highest BCUT2D eigenvalue weighted by Gasteiger charge is 2.12. The fourth-order valence-electron chi connectivity index (χ4n) is 2.15. The Labute approximate surface area is 125 Å². The molecular weight excluding hydrogens is 266 g/mol. The van der Waals surface area contributed by atoms with Gasteiger partial charge < -0.3 is 9.88 Å². The molecule has 0 spiro atoms. The van der Waals surface area contributed by atoms with Gasteiger partial charge in [0, 0.05) is 31.2 Å². The van der Waals surface area contributed by atoms with Crippen molar-refractivity contribution in [1.82, 2.24) is 14.9 Å². The van der Waals surface area contributed by atoms with Gasteiger partial charge in [0.25, 0.3) is 0 Å². The summed E-state index contributed by atoms with van der Waals surface area (Å²) in [5.41, 5.74) is 2.74. The first-order valence-corrected chi connectivity index (χ1v) is 8.15. The van der Waals surface area contributed by atoms with Crippen LogP contribution in [0.15, 0.2) is 41.8 Å². The fourth-order valence-corrected chi connectivity index (χ4v) is 3.18. The van der Waals surface area contributed by atoms with Crippen LogP contribution in [0.5, 0.6) is 0 Å². The van der Waals surface area contributed by atoms with E-state index >= 15 is 0 Å². The van der Waals surface area contributed by atoms with E-state index in [-0.39, 0.29) is 0 Å². The molecule has 0 amide bonds. The molecular formula is C16H23N3S. The maximum Gasteiger partial charge on any atom is 0.167 e. The zero-order valence-electron chi connectivity index (χ0n) is 12.5. The van der Waals surface area contributed by atoms with Crippen molar-refractivity contribution in [3.05, 3.63) is 47.8 Å². The zero-order valence-corrected chi connectivity index (χ0v) is 13.3. The van der Waals surface area contributed by atoms with Crippen LogP contribution in [-0.2, 0) is 13.5 Å². The lowest BCUT2D eigenvalue weighted by atomic mass is 10.1. The second-order valence-electron chi connectivity index (χ2n) is 4.84. The maximum absolute atomic E-state index is 4.37. The number of hydrogen-bond donors (Lipinski definition) is 1. The van der Waals surface area contributed by atoms with Crippen LogP contribution in [0.2, 0.25) is 0 Å². The number of imidazole rings is 1. The first-order valence-electron chi connectivity index (χ1n) is 7.17. The minimum atomic E-state index is 0.368. The van der Waals surface area contributed by atoms with Crippen LogP contribution in [0.25, 0.3) is 0 Å². The topological polar surface area (TPSA) is 29.9 Å². The highest BCUT2D eigenvalue weighted by atomic mass is 32.2. The number of aromatic nitrogens is 2. The molecule has 1 atom stereocenters. The number of aryl methyl sites for hydroxylation is 2. The predicted molar refractivity (Wildman–Crippen MR) is 86.2 cm³/mol. The normalized spacial score (nSPS) is 12.6. The Bertz CT molecular complexity index is 519. The highest BCUT2D eigenvalue weighted by molar-refractivity contribution is 7.99. The lowest BCUT2D eigenvalue weighted by Crippen LogP contribution is -2.23. The molecule has 20 heavy (non-hydrogen) atoms. The first kappa shape index (κ1) is 15.1. The van der Waals surface area contributed by atoms with Crippen molar-refractivity contribution in [2.24, 2.45) is 7.05 Å². The molecule has 108 valence electrons. The Hall–Kier alpha value is -1.26. The number of benzene rings is 1. The van der Waals surface area contributed by atoms with Crippen molar-refractivity contribution in [2.75, 3.05) is 12.3 Å². The van der Waals surface area contributed by atoms with Gasteiger partial charge >= 0.3 is 0 Å². The van der Waals surface area contributed by atoms with E-state index in [0.29, 0.717) is 6.04 Å². The Morgan fingerprint density at radius 3 is 2.55 bits per heavy atom. The predicted octanol–water partition coefficient (Wildman–Crippen LogP) is 3.43. The molecule has 0 saturated carbocycles. The van der Waals surface area contributed by atoms with Crippen molar-refractivity contribution in [1.29, 1.82) is 0 Å². The summed E-state index contributed by atoms with van der Waals surface area (Å²) >= 11 is 1.80. The quantitative estimate of drug-likeness (QED) is 0.792. The van der Waals surface area contributed by atoms with Gasteiger partial charge in [-0.05, 0) is 24.1 Å². The average molecular weight is 289 g/mol. The Balaban J connectivity index is 2.04. The molecule has 1 heterocycles. The summed E-state index contributed by atoms with van der Waals surface area (Å²) < 4.78 is 2.06. The Kier molecular flexibility index (Phi) is 5.68. The number of hydrogen-bond acceptors (Lipinski definition) is 3. The van der Waals surface area contributed by atoms with Crippen LogP contribution in [0.3, 0.4) is 0 Å². The van der Waals surface area contributed by atoms with E-state index in [9.17, 15) is 0 Å². The molecule has 1 aromatic heterocycles. The molecule has 1 aromatic carbocycles. The number of nitrogens with one attached hydrogen (secondary N) is 1. The fraction of sp³-hybridized carbons (Fsp3) is 0.438. The van der Waals surface area contributed by atoms with Gasteiger partial charge in [-0.1, -0.05) is 49.9 Å². The SMILES string of the molecule is CCNC(CSc1nccn1C)c1ccc(CC)cc1. The van der Waals surface area contributed by atoms with Crippen LogP contribution in [0.1, 0.15) is 31.0 Å². The molecule has 0 aliphatic carbocycles. The number of thioether (sulfide) groups is 1. The van der Waals surface area contributed by atoms with Crippen LogP contribution >= 0.6 is 11.8 Å². The van der Waals surface area contributed by atoms with Crippen LogP contribution in [0, 0.1) is 0 Å². The third-order valence-corrected chi connectivity index (χ3v) is 4.55. The van der Waals surface area contributed by atoms with Gasteiger partial charge in [0.2, 0.25) is 0 Å². The molecule has 1 N–H and O–H groups in total. The summed E-state index contributed by atoms with van der Waals surface area (Å²) in [6.07, 6.45) is 4.93. The van der Waals surface area contributed by atoms with E-state index in [1.54, 1.807) is 11.8 Å². The Morgan fingerprint density at radius 2 is 2.00 bits per heavy atom. The van der Waals surface area contributed by atoms with Gasteiger partial charge in [-0.3, -0.25) is 0 Å². The molecule has 0 saturated heterocycles. The summed E-state index contributed by atoms with van der Waals surface area (Å²) in [6.45, 7) is 5.31. The van der Waals surface area contributed by atoms with Crippen molar-refractivity contribution >= 4 is 11.8 Å². The van der Waals surface area contributed by atoms with E-state index in [1.807, 2.05) is 19.4 Å². The Morgan fingerprint density at radius 1 is 1.25 bits per heavy atom. The van der Waals surface area contributed by atoms with Gasteiger partial charge in [-0.25, -0.2) is 4.98 Å². The third kappa shape index (κ3) is 3.87. The second kappa shape index (κ2) is 7.50. The van der Waals surface area contributed by atoms with E-state index < -0.39 is 0 Å². The van der Waals surface area contributed by atoms with Crippen molar-refractivity contribution in [2.45, 2.75) is 31.5 Å². The van der Waals surface area contributed by atoms with Gasteiger partial charge in [0.05, 0.1) is 0 Å². The summed E-state index contributed by atoms with van der Waals surface area (Å²) in [4.78, 5) is 4.37. The van der Waals surface area contributed by atoms with E-state index in [0.717, 1.165) is 23.9 Å². The molecule has 2 aromatic rings. The van der Waals surface area contributed by atoms with Gasteiger partial charge in [0.15, 0.2) is 5.16 Å². The molecule has 4 heteroatoms. The van der Waals surface area contributed by atoms with Gasteiger partial charge in [-0.2, -0.15) is 0 Å². The molecule has 0 aliphatic rings. The molecule has 0 radical (unpaired) electrons. The second-order valence-corrected chi connectivity index (χ2v) is 5.82. The van der Waals surface area contributed by atoms with E-state index in [1.165, 1.54) is 11.1 Å². The molecule has 2 rings (SSSR count). The van der Waals surface area contributed by atoms with Crippen LogP contribution in [-0.4, -0.2) is 21.8 Å². The molecule has 1 unspecified atom stereocenters. The molecule has 3 nitrogen and oxygen atoms in total. The van der Waals surface area contributed by atoms with Crippen molar-refractivity contribution in [3.63, 3.8) is 0 Å². The van der Waals surface area contributed by atoms with Crippen molar-refractivity contribution < 1.29 is 0 Å². The summed E-state index contributed by atoms with van der Waals surface area (Å²) in [5.74, 6) is 0.990. The summed E-state index contributed by atoms with van der Waals surface area (Å²) in [6, 6.07) is 9.31. The minimum absolute atomic E-state index is 0.368. The molecule has 0 aliphatic heterocycles. The lowest BCUT2D eigenvalue weighted by Gasteiger charge is -2.18. The maximum atomic E-state index is 4.37. The smallest absolute Gasteiger partial charge is 0.167 e. The monoisotopic (exact) mass is 289 g/mol. The first-order chi connectivity index (χ1) is 9.74. The zero-order chi connectivity index (χ0) is 14.4. The summed E-state index contributed by atoms with van der Waals surface area (Å²) in [5, 5.41) is 4.63. The van der Waals surface area contributed by atoms with Crippen molar-refractivity contribution in [3.8, 4) is 0 Å². The molecule has 0 fully saturated rings.